The summed E-state index contributed by atoms with van der Waals surface area (Å²) in [7, 11) is 0. The molecule has 5 atom stereocenters. The van der Waals surface area contributed by atoms with Crippen LogP contribution in [0.3, 0.4) is 0 Å². The van der Waals surface area contributed by atoms with Crippen molar-refractivity contribution in [2.45, 2.75) is 88.8 Å². The summed E-state index contributed by atoms with van der Waals surface area (Å²) in [5.74, 6) is 2.56. The van der Waals surface area contributed by atoms with Crippen LogP contribution in [-0.4, -0.2) is 28.8 Å². The van der Waals surface area contributed by atoms with Crippen LogP contribution >= 0.6 is 0 Å². The van der Waals surface area contributed by atoms with E-state index in [9.17, 15) is 4.79 Å². The number of hydrogen-bond donors (Lipinski definition) is 0. The maximum Gasteiger partial charge on any atom is 0.136 e. The first-order chi connectivity index (χ1) is 9.29. The molecule has 0 aromatic heterocycles. The van der Waals surface area contributed by atoms with Crippen LogP contribution < -0.4 is 0 Å². The molecule has 0 spiro atoms. The third-order valence-electron chi connectivity index (χ3n) is 6.37. The molecule has 0 aromatic rings. The van der Waals surface area contributed by atoms with Crippen LogP contribution in [0.25, 0.3) is 0 Å². The van der Waals surface area contributed by atoms with E-state index in [-0.39, 0.29) is 0 Å². The summed E-state index contributed by atoms with van der Waals surface area (Å²) in [6, 6.07) is 2.06. The summed E-state index contributed by atoms with van der Waals surface area (Å²) in [6.07, 6.45) is 14.5. The summed E-state index contributed by atoms with van der Waals surface area (Å²) < 4.78 is 0. The second-order valence-corrected chi connectivity index (χ2v) is 7.66. The molecular weight excluding hydrogens is 234 g/mol. The van der Waals surface area contributed by atoms with E-state index in [2.05, 4.69) is 4.90 Å². The van der Waals surface area contributed by atoms with Gasteiger partial charge in [0.15, 0.2) is 0 Å². The zero-order valence-electron chi connectivity index (χ0n) is 12.0. The van der Waals surface area contributed by atoms with Gasteiger partial charge in [-0.1, -0.05) is 25.7 Å². The van der Waals surface area contributed by atoms with Crippen LogP contribution in [0.4, 0.5) is 0 Å². The average molecular weight is 261 g/mol. The Labute approximate surface area is 116 Å². The van der Waals surface area contributed by atoms with Gasteiger partial charge >= 0.3 is 0 Å². The topological polar surface area (TPSA) is 20.3 Å². The smallest absolute Gasteiger partial charge is 0.136 e. The summed E-state index contributed by atoms with van der Waals surface area (Å²) in [5, 5.41) is 0. The number of nitrogens with zero attached hydrogens (tertiary/aromatic N) is 1. The number of carbonyl (C=O) groups excluding carboxylic acids is 1. The Hall–Kier alpha value is -0.370. The second kappa shape index (κ2) is 4.87. The van der Waals surface area contributed by atoms with E-state index in [1.54, 1.807) is 0 Å². The minimum absolute atomic E-state index is 0.543. The minimum Gasteiger partial charge on any atom is -0.300 e. The van der Waals surface area contributed by atoms with E-state index in [0.717, 1.165) is 30.7 Å². The lowest BCUT2D eigenvalue weighted by molar-refractivity contribution is -0.130. The zero-order valence-corrected chi connectivity index (χ0v) is 12.0. The number of carbonyl (C=O) groups is 1. The quantitative estimate of drug-likeness (QED) is 0.719. The Morgan fingerprint density at radius 1 is 0.737 bits per heavy atom. The van der Waals surface area contributed by atoms with Crippen molar-refractivity contribution in [1.29, 1.82) is 0 Å². The highest BCUT2D eigenvalue weighted by Gasteiger charge is 2.44. The largest absolute Gasteiger partial charge is 0.300 e. The van der Waals surface area contributed by atoms with Gasteiger partial charge in [-0.05, 0) is 43.9 Å². The van der Waals surface area contributed by atoms with Crippen molar-refractivity contribution in [3.63, 3.8) is 0 Å². The molecule has 0 amide bonds. The molecule has 2 saturated heterocycles. The monoisotopic (exact) mass is 261 g/mol. The number of ketones is 1. The van der Waals surface area contributed by atoms with Gasteiger partial charge in [0.05, 0.1) is 0 Å². The van der Waals surface area contributed by atoms with Crippen LogP contribution in [0.5, 0.6) is 0 Å². The van der Waals surface area contributed by atoms with Gasteiger partial charge in [-0.25, -0.2) is 0 Å². The summed E-state index contributed by atoms with van der Waals surface area (Å²) >= 11 is 0. The number of Topliss-reactive ketones (excluding diaryl/α,β-unsaturated/α-hetero) is 1. The number of fused-ring (bicyclic) bond motifs is 4. The maximum absolute atomic E-state index is 11.9. The molecule has 106 valence electrons. The predicted octanol–water partition coefficient (Wildman–Crippen LogP) is 3.54. The van der Waals surface area contributed by atoms with Crippen LogP contribution in [0.2, 0.25) is 0 Å². The molecule has 4 fully saturated rings. The predicted molar refractivity (Wildman–Crippen MR) is 76.0 cm³/mol. The average Bonchev–Trinajstić information content (AvgIpc) is 2.37. The minimum atomic E-state index is 0.543. The first-order valence-electron chi connectivity index (χ1n) is 8.58. The summed E-state index contributed by atoms with van der Waals surface area (Å²) in [5.41, 5.74) is 0. The van der Waals surface area contributed by atoms with Crippen molar-refractivity contribution in [2.75, 3.05) is 0 Å². The molecule has 2 heteroatoms. The number of hydrogen-bond acceptors (Lipinski definition) is 2. The zero-order chi connectivity index (χ0) is 12.8. The van der Waals surface area contributed by atoms with Crippen LogP contribution in [0.1, 0.15) is 70.6 Å². The first kappa shape index (κ1) is 12.4. The summed E-state index contributed by atoms with van der Waals surface area (Å²) in [4.78, 5) is 14.7. The van der Waals surface area contributed by atoms with Crippen LogP contribution in [-0.2, 0) is 4.79 Å². The number of piperidine rings is 2. The lowest BCUT2D eigenvalue weighted by atomic mass is 9.68. The fourth-order valence-electron chi connectivity index (χ4n) is 5.75. The van der Waals surface area contributed by atoms with E-state index >= 15 is 0 Å². The lowest BCUT2D eigenvalue weighted by Crippen LogP contribution is -2.58. The van der Waals surface area contributed by atoms with Gasteiger partial charge in [0.2, 0.25) is 0 Å². The lowest BCUT2D eigenvalue weighted by Gasteiger charge is -2.53. The first-order valence-corrected chi connectivity index (χ1v) is 8.58. The van der Waals surface area contributed by atoms with Crippen molar-refractivity contribution in [1.82, 2.24) is 4.90 Å². The van der Waals surface area contributed by atoms with E-state index in [1.165, 1.54) is 57.8 Å². The molecule has 0 aromatic carbocycles. The Morgan fingerprint density at radius 2 is 1.32 bits per heavy atom. The standard InChI is InChI=1S/C17H27NO/c19-17-10-14-5-2-6-15(11-17)18(14)16-8-12-3-1-4-13(7-12)9-16/h12-16H,1-11H2/t12-,13+,14-,15+,16?. The van der Waals surface area contributed by atoms with Crippen LogP contribution in [0.15, 0.2) is 0 Å². The molecule has 2 aliphatic heterocycles. The molecule has 19 heavy (non-hydrogen) atoms. The molecular formula is C17H27NO. The van der Waals surface area contributed by atoms with Gasteiger partial charge < -0.3 is 0 Å². The van der Waals surface area contributed by atoms with Crippen molar-refractivity contribution in [3.05, 3.63) is 0 Å². The van der Waals surface area contributed by atoms with Gasteiger partial charge in [0.25, 0.3) is 0 Å². The fourth-order valence-corrected chi connectivity index (χ4v) is 5.75. The molecule has 2 saturated carbocycles. The molecule has 4 rings (SSSR count). The Balaban J connectivity index is 1.53. The van der Waals surface area contributed by atoms with Gasteiger partial charge in [0.1, 0.15) is 5.78 Å². The van der Waals surface area contributed by atoms with Gasteiger partial charge in [0, 0.05) is 31.0 Å². The number of rotatable bonds is 1. The molecule has 4 bridgehead atoms. The molecule has 1 unspecified atom stereocenters. The molecule has 2 heterocycles. The van der Waals surface area contributed by atoms with Crippen molar-refractivity contribution >= 4 is 5.78 Å². The van der Waals surface area contributed by atoms with Gasteiger partial charge in [-0.15, -0.1) is 0 Å². The Bertz CT molecular complexity index is 338. The third kappa shape index (κ3) is 2.26. The van der Waals surface area contributed by atoms with E-state index in [1.807, 2.05) is 0 Å². The normalized spacial score (nSPS) is 47.2. The highest BCUT2D eigenvalue weighted by atomic mass is 16.1. The molecule has 4 aliphatic rings. The molecule has 0 N–H and O–H groups in total. The molecule has 2 nitrogen and oxygen atoms in total. The van der Waals surface area contributed by atoms with E-state index < -0.39 is 0 Å². The van der Waals surface area contributed by atoms with Crippen LogP contribution in [0, 0.1) is 11.8 Å². The third-order valence-corrected chi connectivity index (χ3v) is 6.37. The highest BCUT2D eigenvalue weighted by Crippen LogP contribution is 2.45. The summed E-state index contributed by atoms with van der Waals surface area (Å²) in [6.45, 7) is 0. The molecule has 0 radical (unpaired) electrons. The van der Waals surface area contributed by atoms with Crippen molar-refractivity contribution < 1.29 is 4.79 Å². The fraction of sp³-hybridized carbons (Fsp3) is 0.941. The Kier molecular flexibility index (Phi) is 3.17. The molecule has 2 aliphatic carbocycles. The van der Waals surface area contributed by atoms with E-state index in [0.29, 0.717) is 17.9 Å². The van der Waals surface area contributed by atoms with Crippen molar-refractivity contribution in [3.8, 4) is 0 Å². The highest BCUT2D eigenvalue weighted by molar-refractivity contribution is 5.80. The second-order valence-electron chi connectivity index (χ2n) is 7.66. The van der Waals surface area contributed by atoms with Gasteiger partial charge in [-0.3, -0.25) is 9.69 Å². The van der Waals surface area contributed by atoms with Crippen molar-refractivity contribution in [2.24, 2.45) is 11.8 Å². The van der Waals surface area contributed by atoms with E-state index in [4.69, 9.17) is 0 Å². The Morgan fingerprint density at radius 3 is 1.95 bits per heavy atom. The maximum atomic E-state index is 11.9. The van der Waals surface area contributed by atoms with Gasteiger partial charge in [-0.2, -0.15) is 0 Å². The SMILES string of the molecule is O=C1C[C@H]2CCC[C@@H](C1)N2C1C[C@H]2CCC[C@@H](C1)C2.